The predicted octanol–water partition coefficient (Wildman–Crippen LogP) is 1.58. The van der Waals surface area contributed by atoms with E-state index in [4.69, 9.17) is 11.6 Å². The van der Waals surface area contributed by atoms with Gasteiger partial charge in [0.05, 0.1) is 17.8 Å². The lowest BCUT2D eigenvalue weighted by Gasteiger charge is -2.06. The second kappa shape index (κ2) is 4.89. The molecule has 0 atom stereocenters. The van der Waals surface area contributed by atoms with E-state index in [1.165, 1.54) is 12.3 Å². The van der Waals surface area contributed by atoms with E-state index < -0.39 is 5.82 Å². The first-order valence-corrected chi connectivity index (χ1v) is 5.02. The van der Waals surface area contributed by atoms with Crippen molar-refractivity contribution in [1.82, 2.24) is 20.0 Å². The number of hydrogen-bond acceptors (Lipinski definition) is 4. The number of anilines is 1. The standard InChI is InChI=1S/C9H9ClFN5/c10-7-5-8(11)9(13-6-7)12-1-3-16-4-2-14-15-16/h2,4-6H,1,3H2,(H,12,13). The summed E-state index contributed by atoms with van der Waals surface area (Å²) in [6, 6.07) is 1.21. The molecule has 0 saturated carbocycles. The molecule has 0 radical (unpaired) electrons. The normalized spacial score (nSPS) is 10.4. The molecule has 2 aromatic heterocycles. The molecule has 84 valence electrons. The van der Waals surface area contributed by atoms with Gasteiger partial charge in [-0.1, -0.05) is 16.8 Å². The monoisotopic (exact) mass is 241 g/mol. The molecular weight excluding hydrogens is 233 g/mol. The Hall–Kier alpha value is -1.69. The van der Waals surface area contributed by atoms with Gasteiger partial charge in [-0.3, -0.25) is 4.68 Å². The molecule has 7 heteroatoms. The highest BCUT2D eigenvalue weighted by Crippen LogP contribution is 2.14. The van der Waals surface area contributed by atoms with E-state index in [9.17, 15) is 4.39 Å². The highest BCUT2D eigenvalue weighted by Gasteiger charge is 2.03. The van der Waals surface area contributed by atoms with E-state index in [-0.39, 0.29) is 10.8 Å². The molecule has 0 aromatic carbocycles. The summed E-state index contributed by atoms with van der Waals surface area (Å²) in [5, 5.41) is 10.6. The summed E-state index contributed by atoms with van der Waals surface area (Å²) in [5.41, 5.74) is 0. The van der Waals surface area contributed by atoms with E-state index in [0.29, 0.717) is 13.1 Å². The fourth-order valence-electron chi connectivity index (χ4n) is 1.19. The molecular formula is C9H9ClFN5. The second-order valence-corrected chi connectivity index (χ2v) is 3.51. The molecule has 0 saturated heterocycles. The molecule has 0 bridgehead atoms. The second-order valence-electron chi connectivity index (χ2n) is 3.08. The molecule has 0 aliphatic heterocycles. The van der Waals surface area contributed by atoms with Gasteiger partial charge in [-0.15, -0.1) is 5.10 Å². The molecule has 2 rings (SSSR count). The topological polar surface area (TPSA) is 55.6 Å². The Bertz CT molecular complexity index is 459. The minimum Gasteiger partial charge on any atom is -0.366 e. The number of nitrogens with one attached hydrogen (secondary N) is 1. The number of rotatable bonds is 4. The molecule has 16 heavy (non-hydrogen) atoms. The van der Waals surface area contributed by atoms with Crippen LogP contribution in [0.2, 0.25) is 5.02 Å². The molecule has 5 nitrogen and oxygen atoms in total. The minimum atomic E-state index is -0.467. The van der Waals surface area contributed by atoms with Crippen LogP contribution in [-0.2, 0) is 6.54 Å². The molecule has 0 aliphatic rings. The molecule has 0 amide bonds. The van der Waals surface area contributed by atoms with Crippen molar-refractivity contribution in [3.05, 3.63) is 35.5 Å². The average Bonchev–Trinajstić information content (AvgIpc) is 2.74. The predicted molar refractivity (Wildman–Crippen MR) is 57.7 cm³/mol. The zero-order chi connectivity index (χ0) is 11.4. The van der Waals surface area contributed by atoms with Crippen molar-refractivity contribution in [2.45, 2.75) is 6.54 Å². The fourth-order valence-corrected chi connectivity index (χ4v) is 1.33. The Morgan fingerprint density at radius 3 is 3.06 bits per heavy atom. The molecule has 0 unspecified atom stereocenters. The Morgan fingerprint density at radius 1 is 1.50 bits per heavy atom. The van der Waals surface area contributed by atoms with Crippen LogP contribution in [0.25, 0.3) is 0 Å². The first-order valence-electron chi connectivity index (χ1n) is 4.65. The smallest absolute Gasteiger partial charge is 0.166 e. The van der Waals surface area contributed by atoms with Crippen LogP contribution in [0.15, 0.2) is 24.7 Å². The van der Waals surface area contributed by atoms with Crippen LogP contribution in [0, 0.1) is 5.82 Å². The summed E-state index contributed by atoms with van der Waals surface area (Å²) < 4.78 is 14.9. The fraction of sp³-hybridized carbons (Fsp3) is 0.222. The van der Waals surface area contributed by atoms with Crippen LogP contribution in [0.4, 0.5) is 10.2 Å². The van der Waals surface area contributed by atoms with E-state index in [1.807, 2.05) is 0 Å². The van der Waals surface area contributed by atoms with E-state index in [1.54, 1.807) is 17.1 Å². The van der Waals surface area contributed by atoms with Gasteiger partial charge in [-0.05, 0) is 6.07 Å². The third kappa shape index (κ3) is 2.66. The number of hydrogen-bond donors (Lipinski definition) is 1. The van der Waals surface area contributed by atoms with Gasteiger partial charge in [-0.25, -0.2) is 9.37 Å². The highest BCUT2D eigenvalue weighted by atomic mass is 35.5. The Kier molecular flexibility index (Phi) is 3.31. The minimum absolute atomic E-state index is 0.185. The first-order chi connectivity index (χ1) is 7.75. The summed E-state index contributed by atoms with van der Waals surface area (Å²) in [6.07, 6.45) is 4.71. The summed E-state index contributed by atoms with van der Waals surface area (Å²) in [5.74, 6) is -0.282. The third-order valence-corrected chi connectivity index (χ3v) is 2.12. The summed E-state index contributed by atoms with van der Waals surface area (Å²) in [6.45, 7) is 1.10. The van der Waals surface area contributed by atoms with Crippen molar-refractivity contribution in [2.24, 2.45) is 0 Å². The summed E-state index contributed by atoms with van der Waals surface area (Å²) in [4.78, 5) is 3.83. The Morgan fingerprint density at radius 2 is 2.38 bits per heavy atom. The van der Waals surface area contributed by atoms with Crippen molar-refractivity contribution in [1.29, 1.82) is 0 Å². The molecule has 0 fully saturated rings. The SMILES string of the molecule is Fc1cc(Cl)cnc1NCCn1ccnn1. The quantitative estimate of drug-likeness (QED) is 0.883. The number of nitrogens with zero attached hydrogens (tertiary/aromatic N) is 4. The lowest BCUT2D eigenvalue weighted by molar-refractivity contribution is 0.598. The first kappa shape index (κ1) is 10.8. The summed E-state index contributed by atoms with van der Waals surface area (Å²) >= 11 is 5.58. The molecule has 1 N–H and O–H groups in total. The summed E-state index contributed by atoms with van der Waals surface area (Å²) in [7, 11) is 0. The van der Waals surface area contributed by atoms with Crippen LogP contribution >= 0.6 is 11.6 Å². The number of halogens is 2. The van der Waals surface area contributed by atoms with Crippen molar-refractivity contribution in [3.63, 3.8) is 0 Å². The largest absolute Gasteiger partial charge is 0.366 e. The lowest BCUT2D eigenvalue weighted by atomic mass is 10.4. The van der Waals surface area contributed by atoms with Crippen molar-refractivity contribution in [2.75, 3.05) is 11.9 Å². The zero-order valence-electron chi connectivity index (χ0n) is 8.27. The van der Waals surface area contributed by atoms with Gasteiger partial charge in [0.15, 0.2) is 11.6 Å². The van der Waals surface area contributed by atoms with Gasteiger partial charge in [0.25, 0.3) is 0 Å². The third-order valence-electron chi connectivity index (χ3n) is 1.91. The van der Waals surface area contributed by atoms with Gasteiger partial charge >= 0.3 is 0 Å². The highest BCUT2D eigenvalue weighted by molar-refractivity contribution is 6.30. The lowest BCUT2D eigenvalue weighted by Crippen LogP contribution is -2.12. The van der Waals surface area contributed by atoms with Gasteiger partial charge in [0.2, 0.25) is 0 Å². The molecule has 2 heterocycles. The van der Waals surface area contributed by atoms with Crippen molar-refractivity contribution >= 4 is 17.4 Å². The van der Waals surface area contributed by atoms with Gasteiger partial charge in [0, 0.05) is 18.9 Å². The van der Waals surface area contributed by atoms with Crippen molar-refractivity contribution in [3.8, 4) is 0 Å². The van der Waals surface area contributed by atoms with Gasteiger partial charge < -0.3 is 5.32 Å². The Labute approximate surface area is 96.3 Å². The van der Waals surface area contributed by atoms with E-state index >= 15 is 0 Å². The van der Waals surface area contributed by atoms with Crippen LogP contribution in [0.5, 0.6) is 0 Å². The maximum absolute atomic E-state index is 13.3. The Balaban J connectivity index is 1.90. The molecule has 0 aliphatic carbocycles. The van der Waals surface area contributed by atoms with Gasteiger partial charge in [-0.2, -0.15) is 0 Å². The van der Waals surface area contributed by atoms with Crippen molar-refractivity contribution < 1.29 is 4.39 Å². The van der Waals surface area contributed by atoms with E-state index in [2.05, 4.69) is 20.6 Å². The van der Waals surface area contributed by atoms with Crippen LogP contribution in [-0.4, -0.2) is 26.5 Å². The molecule has 2 aromatic rings. The number of pyridine rings is 1. The average molecular weight is 242 g/mol. The van der Waals surface area contributed by atoms with Crippen LogP contribution in [0.3, 0.4) is 0 Å². The van der Waals surface area contributed by atoms with Crippen LogP contribution in [0.1, 0.15) is 0 Å². The maximum Gasteiger partial charge on any atom is 0.166 e. The maximum atomic E-state index is 13.3. The van der Waals surface area contributed by atoms with Crippen LogP contribution < -0.4 is 5.32 Å². The van der Waals surface area contributed by atoms with Gasteiger partial charge in [0.1, 0.15) is 0 Å². The zero-order valence-corrected chi connectivity index (χ0v) is 9.02. The number of aromatic nitrogens is 4. The van der Waals surface area contributed by atoms with E-state index in [0.717, 1.165) is 0 Å². The molecule has 0 spiro atoms.